The maximum absolute atomic E-state index is 12.4. The molecule has 0 bridgehead atoms. The lowest BCUT2D eigenvalue weighted by Crippen LogP contribution is -2.08. The summed E-state index contributed by atoms with van der Waals surface area (Å²) in [6, 6.07) is 7.23. The van der Waals surface area contributed by atoms with Crippen molar-refractivity contribution in [3.05, 3.63) is 35.7 Å². The molecule has 0 spiro atoms. The van der Waals surface area contributed by atoms with E-state index in [-0.39, 0.29) is 5.78 Å². The van der Waals surface area contributed by atoms with Crippen LogP contribution in [0.25, 0.3) is 0 Å². The number of nitrogens with zero attached hydrogens (tertiary/aromatic N) is 3. The summed E-state index contributed by atoms with van der Waals surface area (Å²) in [7, 11) is 1.60. The van der Waals surface area contributed by atoms with Crippen molar-refractivity contribution < 1.29 is 9.53 Å². The number of benzene rings is 1. The van der Waals surface area contributed by atoms with Crippen LogP contribution in [0, 0.1) is 0 Å². The van der Waals surface area contributed by atoms with Gasteiger partial charge in [-0.25, -0.2) is 0 Å². The normalized spacial score (nSPS) is 11.0. The molecular formula is C17H23N3O2S. The Kier molecular flexibility index (Phi) is 6.21. The van der Waals surface area contributed by atoms with Gasteiger partial charge in [0.2, 0.25) is 0 Å². The molecule has 5 nitrogen and oxygen atoms in total. The van der Waals surface area contributed by atoms with Crippen LogP contribution in [0.1, 0.15) is 49.3 Å². The van der Waals surface area contributed by atoms with Crippen LogP contribution in [0.4, 0.5) is 0 Å². The SMILES string of the molecule is CCCn1c(SCC(=O)c2cccc(OC)c2)nnc1C(C)C. The van der Waals surface area contributed by atoms with E-state index in [0.29, 0.717) is 23.0 Å². The molecule has 0 unspecified atom stereocenters. The first-order valence-corrected chi connectivity index (χ1v) is 8.78. The quantitative estimate of drug-likeness (QED) is 0.543. The topological polar surface area (TPSA) is 57.0 Å². The number of aromatic nitrogens is 3. The summed E-state index contributed by atoms with van der Waals surface area (Å²) in [5.74, 6) is 2.39. The summed E-state index contributed by atoms with van der Waals surface area (Å²) in [6.45, 7) is 7.20. The number of hydrogen-bond donors (Lipinski definition) is 0. The second-order valence-electron chi connectivity index (χ2n) is 5.59. The van der Waals surface area contributed by atoms with Crippen LogP contribution >= 0.6 is 11.8 Å². The van der Waals surface area contributed by atoms with Crippen LogP contribution in [0.15, 0.2) is 29.4 Å². The van der Waals surface area contributed by atoms with Crippen LogP contribution in [0.5, 0.6) is 5.75 Å². The van der Waals surface area contributed by atoms with E-state index in [1.165, 1.54) is 11.8 Å². The molecule has 0 N–H and O–H groups in total. The van der Waals surface area contributed by atoms with Crippen molar-refractivity contribution >= 4 is 17.5 Å². The largest absolute Gasteiger partial charge is 0.497 e. The second-order valence-corrected chi connectivity index (χ2v) is 6.53. The van der Waals surface area contributed by atoms with Gasteiger partial charge in [0.25, 0.3) is 0 Å². The molecule has 0 atom stereocenters. The summed E-state index contributed by atoms with van der Waals surface area (Å²) in [5, 5.41) is 9.34. The molecule has 1 aromatic carbocycles. The van der Waals surface area contributed by atoms with Gasteiger partial charge in [-0.1, -0.05) is 44.7 Å². The number of ketones is 1. The summed E-state index contributed by atoms with van der Waals surface area (Å²) in [4.78, 5) is 12.4. The van der Waals surface area contributed by atoms with E-state index in [1.807, 2.05) is 18.2 Å². The molecule has 6 heteroatoms. The summed E-state index contributed by atoms with van der Waals surface area (Å²) < 4.78 is 7.28. The van der Waals surface area contributed by atoms with Crippen LogP contribution < -0.4 is 4.74 Å². The fourth-order valence-electron chi connectivity index (χ4n) is 2.28. The zero-order chi connectivity index (χ0) is 16.8. The maximum atomic E-state index is 12.4. The minimum atomic E-state index is 0.0612. The Morgan fingerprint density at radius 1 is 1.35 bits per heavy atom. The fourth-order valence-corrected chi connectivity index (χ4v) is 3.14. The number of thioether (sulfide) groups is 1. The molecule has 0 radical (unpaired) electrons. The van der Waals surface area contributed by atoms with E-state index in [1.54, 1.807) is 13.2 Å². The molecule has 0 amide bonds. The van der Waals surface area contributed by atoms with E-state index in [4.69, 9.17) is 4.74 Å². The average Bonchev–Trinajstić information content (AvgIpc) is 2.96. The lowest BCUT2D eigenvalue weighted by molar-refractivity contribution is 0.102. The molecule has 0 fully saturated rings. The van der Waals surface area contributed by atoms with Crippen molar-refractivity contribution in [2.75, 3.05) is 12.9 Å². The third-order valence-electron chi connectivity index (χ3n) is 3.43. The maximum Gasteiger partial charge on any atom is 0.191 e. The lowest BCUT2D eigenvalue weighted by Gasteiger charge is -2.10. The number of ether oxygens (including phenoxy) is 1. The van der Waals surface area contributed by atoms with Crippen molar-refractivity contribution in [1.82, 2.24) is 14.8 Å². The zero-order valence-corrected chi connectivity index (χ0v) is 14.9. The molecule has 0 aliphatic rings. The van der Waals surface area contributed by atoms with Gasteiger partial charge in [0.15, 0.2) is 10.9 Å². The van der Waals surface area contributed by atoms with Crippen LogP contribution in [-0.2, 0) is 6.54 Å². The van der Waals surface area contributed by atoms with Gasteiger partial charge >= 0.3 is 0 Å². The minimum Gasteiger partial charge on any atom is -0.497 e. The molecule has 1 aromatic heterocycles. The van der Waals surface area contributed by atoms with Gasteiger partial charge in [-0.05, 0) is 18.6 Å². The molecular weight excluding hydrogens is 310 g/mol. The number of Topliss-reactive ketones (excluding diaryl/α,β-unsaturated/α-hetero) is 1. The monoisotopic (exact) mass is 333 g/mol. The number of hydrogen-bond acceptors (Lipinski definition) is 5. The van der Waals surface area contributed by atoms with E-state index >= 15 is 0 Å². The van der Waals surface area contributed by atoms with Crippen molar-refractivity contribution in [2.45, 2.75) is 44.8 Å². The Morgan fingerprint density at radius 3 is 2.78 bits per heavy atom. The third-order valence-corrected chi connectivity index (χ3v) is 4.40. The van der Waals surface area contributed by atoms with E-state index in [9.17, 15) is 4.79 Å². The van der Waals surface area contributed by atoms with Gasteiger partial charge in [0.05, 0.1) is 12.9 Å². The highest BCUT2D eigenvalue weighted by atomic mass is 32.2. The predicted molar refractivity (Wildman–Crippen MR) is 92.5 cm³/mol. The standard InChI is InChI=1S/C17H23N3O2S/c1-5-9-20-16(12(2)3)18-19-17(20)23-11-15(21)13-7-6-8-14(10-13)22-4/h6-8,10,12H,5,9,11H2,1-4H3. The van der Waals surface area contributed by atoms with Crippen molar-refractivity contribution in [3.8, 4) is 5.75 Å². The Morgan fingerprint density at radius 2 is 2.13 bits per heavy atom. The lowest BCUT2D eigenvalue weighted by atomic mass is 10.1. The second kappa shape index (κ2) is 8.15. The molecule has 23 heavy (non-hydrogen) atoms. The third kappa shape index (κ3) is 4.34. The van der Waals surface area contributed by atoms with E-state index in [2.05, 4.69) is 35.5 Å². The zero-order valence-electron chi connectivity index (χ0n) is 14.1. The van der Waals surface area contributed by atoms with E-state index in [0.717, 1.165) is 23.9 Å². The number of carbonyl (C=O) groups excluding carboxylic acids is 1. The first kappa shape index (κ1) is 17.5. The van der Waals surface area contributed by atoms with Crippen LogP contribution in [-0.4, -0.2) is 33.4 Å². The highest BCUT2D eigenvalue weighted by molar-refractivity contribution is 7.99. The number of rotatable bonds is 8. The average molecular weight is 333 g/mol. The van der Waals surface area contributed by atoms with Gasteiger partial charge in [0.1, 0.15) is 11.6 Å². The van der Waals surface area contributed by atoms with Crippen LogP contribution in [0.3, 0.4) is 0 Å². The molecule has 124 valence electrons. The molecule has 0 aliphatic carbocycles. The molecule has 0 saturated heterocycles. The van der Waals surface area contributed by atoms with Crippen molar-refractivity contribution in [3.63, 3.8) is 0 Å². The molecule has 0 saturated carbocycles. The molecule has 0 aliphatic heterocycles. The summed E-state index contributed by atoms with van der Waals surface area (Å²) in [6.07, 6.45) is 1.01. The van der Waals surface area contributed by atoms with Gasteiger partial charge in [-0.15, -0.1) is 10.2 Å². The van der Waals surface area contributed by atoms with E-state index < -0.39 is 0 Å². The number of carbonyl (C=O) groups is 1. The highest BCUT2D eigenvalue weighted by Gasteiger charge is 2.16. The smallest absolute Gasteiger partial charge is 0.191 e. The van der Waals surface area contributed by atoms with Gasteiger partial charge in [-0.3, -0.25) is 4.79 Å². The Balaban J connectivity index is 2.09. The fraction of sp³-hybridized carbons (Fsp3) is 0.471. The van der Waals surface area contributed by atoms with Gasteiger partial charge in [0, 0.05) is 18.0 Å². The molecule has 1 heterocycles. The van der Waals surface area contributed by atoms with Crippen molar-refractivity contribution in [2.24, 2.45) is 0 Å². The van der Waals surface area contributed by atoms with Crippen LogP contribution in [0.2, 0.25) is 0 Å². The minimum absolute atomic E-state index is 0.0612. The number of methoxy groups -OCH3 is 1. The molecule has 2 aromatic rings. The van der Waals surface area contributed by atoms with Gasteiger partial charge in [-0.2, -0.15) is 0 Å². The Labute approximate surface area is 141 Å². The first-order valence-electron chi connectivity index (χ1n) is 7.80. The predicted octanol–water partition coefficient (Wildman–Crippen LogP) is 3.80. The van der Waals surface area contributed by atoms with Crippen molar-refractivity contribution in [1.29, 1.82) is 0 Å². The molecule has 2 rings (SSSR count). The Hall–Kier alpha value is -1.82. The summed E-state index contributed by atoms with van der Waals surface area (Å²) >= 11 is 1.44. The summed E-state index contributed by atoms with van der Waals surface area (Å²) in [5.41, 5.74) is 0.655. The van der Waals surface area contributed by atoms with Gasteiger partial charge < -0.3 is 9.30 Å². The first-order chi connectivity index (χ1) is 11.1. The Bertz CT molecular complexity index is 668. The highest BCUT2D eigenvalue weighted by Crippen LogP contribution is 2.23.